The number of rotatable bonds is 8. The van der Waals surface area contributed by atoms with Gasteiger partial charge in [-0.1, -0.05) is 37.2 Å². The fraction of sp³-hybridized carbons (Fsp3) is 0.421. The summed E-state index contributed by atoms with van der Waals surface area (Å²) in [6.07, 6.45) is 0.625. The van der Waals surface area contributed by atoms with Crippen molar-refractivity contribution in [3.63, 3.8) is 0 Å². The van der Waals surface area contributed by atoms with E-state index in [1.165, 1.54) is 18.9 Å². The smallest absolute Gasteiger partial charge is 0.328 e. The predicted molar refractivity (Wildman–Crippen MR) is 108 cm³/mol. The van der Waals surface area contributed by atoms with E-state index in [1.807, 2.05) is 38.1 Å². The normalized spacial score (nSPS) is 12.0. The van der Waals surface area contributed by atoms with Crippen molar-refractivity contribution in [1.29, 1.82) is 0 Å². The number of methoxy groups -OCH3 is 2. The van der Waals surface area contributed by atoms with Crippen molar-refractivity contribution in [1.82, 2.24) is 9.97 Å². The topological polar surface area (TPSA) is 64.5 Å². The molecule has 0 saturated carbocycles. The highest BCUT2D eigenvalue weighted by molar-refractivity contribution is 7.99. The number of halogens is 1. The number of benzene rings is 1. The van der Waals surface area contributed by atoms with Crippen LogP contribution in [0, 0.1) is 5.92 Å². The molecule has 0 radical (unpaired) electrons. The van der Waals surface area contributed by atoms with Gasteiger partial charge in [-0.3, -0.25) is 0 Å². The van der Waals surface area contributed by atoms with Crippen LogP contribution in [0.1, 0.15) is 20.3 Å². The van der Waals surface area contributed by atoms with Gasteiger partial charge in [0.05, 0.1) is 14.2 Å². The maximum absolute atomic E-state index is 12.2. The maximum Gasteiger partial charge on any atom is 0.328 e. The molecular weight excluding hydrogens is 386 g/mol. The molecule has 1 aromatic carbocycles. The number of likely N-dealkylation sites (N-methyl/N-ethyl adjacent to an activating group) is 1. The lowest BCUT2D eigenvalue weighted by atomic mass is 10.0. The van der Waals surface area contributed by atoms with Gasteiger partial charge in [-0.25, -0.2) is 14.8 Å². The minimum Gasteiger partial charge on any atom is -0.497 e. The molecule has 8 heteroatoms. The quantitative estimate of drug-likeness (QED) is 0.475. The van der Waals surface area contributed by atoms with Crippen molar-refractivity contribution in [3.8, 4) is 5.75 Å². The molecule has 0 saturated heterocycles. The number of aromatic nitrogens is 2. The van der Waals surface area contributed by atoms with Crippen molar-refractivity contribution in [2.24, 2.45) is 5.92 Å². The Hall–Kier alpha value is -1.99. The van der Waals surface area contributed by atoms with E-state index in [9.17, 15) is 4.79 Å². The van der Waals surface area contributed by atoms with E-state index < -0.39 is 6.04 Å². The lowest BCUT2D eigenvalue weighted by Crippen LogP contribution is -2.41. The first-order valence-corrected chi connectivity index (χ1v) is 9.70. The molecule has 1 aromatic heterocycles. The van der Waals surface area contributed by atoms with Crippen molar-refractivity contribution in [2.75, 3.05) is 26.2 Å². The molecule has 1 atom stereocenters. The van der Waals surface area contributed by atoms with Gasteiger partial charge in [0.1, 0.15) is 22.0 Å². The number of nitrogens with zero attached hydrogens (tertiary/aromatic N) is 3. The summed E-state index contributed by atoms with van der Waals surface area (Å²) in [6, 6.07) is 8.87. The summed E-state index contributed by atoms with van der Waals surface area (Å²) in [5.74, 6) is 1.16. The lowest BCUT2D eigenvalue weighted by Gasteiger charge is -2.27. The molecule has 0 N–H and O–H groups in total. The van der Waals surface area contributed by atoms with Gasteiger partial charge in [-0.15, -0.1) is 0 Å². The third kappa shape index (κ3) is 6.01. The lowest BCUT2D eigenvalue weighted by molar-refractivity contribution is -0.142. The molecule has 6 nitrogen and oxygen atoms in total. The standard InChI is InChI=1S/C19H24ClN3O3S/c1-12(2)10-15(18(24)26-5)23(3)19-21-16(20)11-17(22-19)27-14-8-6-13(25-4)7-9-14/h6-9,11-12,15H,10H2,1-5H3/t15-/m1/s1. The second-order valence-electron chi connectivity index (χ2n) is 6.39. The molecule has 2 rings (SSSR count). The minimum absolute atomic E-state index is 0.309. The van der Waals surface area contributed by atoms with Crippen molar-refractivity contribution in [3.05, 3.63) is 35.5 Å². The first kappa shape index (κ1) is 21.3. The largest absolute Gasteiger partial charge is 0.497 e. The second kappa shape index (κ2) is 9.80. The highest BCUT2D eigenvalue weighted by Crippen LogP contribution is 2.30. The molecule has 0 aliphatic rings. The van der Waals surface area contributed by atoms with Crippen molar-refractivity contribution in [2.45, 2.75) is 36.2 Å². The van der Waals surface area contributed by atoms with Crippen LogP contribution in [0.2, 0.25) is 5.15 Å². The fourth-order valence-electron chi connectivity index (χ4n) is 2.49. The molecule has 0 aliphatic carbocycles. The van der Waals surface area contributed by atoms with Crippen LogP contribution in [-0.2, 0) is 9.53 Å². The molecule has 1 heterocycles. The Morgan fingerprint density at radius 2 is 1.89 bits per heavy atom. The zero-order valence-corrected chi connectivity index (χ0v) is 17.7. The summed E-state index contributed by atoms with van der Waals surface area (Å²) in [7, 11) is 4.79. The molecule has 2 aromatic rings. The molecular formula is C19H24ClN3O3S. The monoisotopic (exact) mass is 409 g/mol. The van der Waals surface area contributed by atoms with Crippen LogP contribution in [0.4, 0.5) is 5.95 Å². The van der Waals surface area contributed by atoms with Crippen LogP contribution in [0.3, 0.4) is 0 Å². The summed E-state index contributed by atoms with van der Waals surface area (Å²) < 4.78 is 10.1. The average molecular weight is 410 g/mol. The molecule has 0 fully saturated rings. The number of carbonyl (C=O) groups excluding carboxylic acids is 1. The average Bonchev–Trinajstić information content (AvgIpc) is 2.65. The minimum atomic E-state index is -0.479. The molecule has 27 heavy (non-hydrogen) atoms. The number of ether oxygens (including phenoxy) is 2. The molecule has 0 amide bonds. The Bertz CT molecular complexity index is 771. The van der Waals surface area contributed by atoms with E-state index in [2.05, 4.69) is 9.97 Å². The van der Waals surface area contributed by atoms with Crippen molar-refractivity contribution >= 4 is 35.3 Å². The van der Waals surface area contributed by atoms with Crippen LogP contribution in [0.5, 0.6) is 5.75 Å². The maximum atomic E-state index is 12.2. The third-order valence-electron chi connectivity index (χ3n) is 3.89. The van der Waals surface area contributed by atoms with Gasteiger partial charge in [0.15, 0.2) is 0 Å². The first-order valence-electron chi connectivity index (χ1n) is 8.51. The number of carbonyl (C=O) groups is 1. The van der Waals surface area contributed by atoms with Crippen LogP contribution < -0.4 is 9.64 Å². The number of anilines is 1. The van der Waals surface area contributed by atoms with E-state index in [0.717, 1.165) is 10.6 Å². The Labute approximate surface area is 169 Å². The highest BCUT2D eigenvalue weighted by Gasteiger charge is 2.27. The van der Waals surface area contributed by atoms with Crippen LogP contribution in [-0.4, -0.2) is 43.2 Å². The zero-order valence-electron chi connectivity index (χ0n) is 16.1. The molecule has 0 spiro atoms. The summed E-state index contributed by atoms with van der Waals surface area (Å²) >= 11 is 7.66. The van der Waals surface area contributed by atoms with E-state index in [4.69, 9.17) is 21.1 Å². The van der Waals surface area contributed by atoms with E-state index in [0.29, 0.717) is 28.5 Å². The van der Waals surface area contributed by atoms with Gasteiger partial charge < -0.3 is 14.4 Å². The van der Waals surface area contributed by atoms with Gasteiger partial charge in [-0.05, 0) is 36.6 Å². The molecule has 0 aliphatic heterocycles. The number of hydrogen-bond donors (Lipinski definition) is 0. The second-order valence-corrected chi connectivity index (χ2v) is 7.87. The van der Waals surface area contributed by atoms with Crippen molar-refractivity contribution < 1.29 is 14.3 Å². The Morgan fingerprint density at radius 3 is 2.44 bits per heavy atom. The molecule has 0 bridgehead atoms. The van der Waals surface area contributed by atoms with Gasteiger partial charge in [-0.2, -0.15) is 0 Å². The van der Waals surface area contributed by atoms with Crippen LogP contribution in [0.25, 0.3) is 0 Å². The van der Waals surface area contributed by atoms with Crippen LogP contribution in [0.15, 0.2) is 40.3 Å². The Balaban J connectivity index is 2.27. The first-order chi connectivity index (χ1) is 12.8. The SMILES string of the molecule is COC(=O)[C@@H](CC(C)C)N(C)c1nc(Cl)cc(Sc2ccc(OC)cc2)n1. The summed E-state index contributed by atoms with van der Waals surface area (Å²) in [6.45, 7) is 4.10. The van der Waals surface area contributed by atoms with E-state index >= 15 is 0 Å². The molecule has 146 valence electrons. The number of esters is 1. The van der Waals surface area contributed by atoms with E-state index in [1.54, 1.807) is 25.1 Å². The highest BCUT2D eigenvalue weighted by atomic mass is 35.5. The van der Waals surface area contributed by atoms with Crippen LogP contribution >= 0.6 is 23.4 Å². The van der Waals surface area contributed by atoms with E-state index in [-0.39, 0.29) is 5.97 Å². The Morgan fingerprint density at radius 1 is 1.22 bits per heavy atom. The third-order valence-corrected chi connectivity index (χ3v) is 5.01. The van der Waals surface area contributed by atoms with Gasteiger partial charge in [0, 0.05) is 18.0 Å². The Kier molecular flexibility index (Phi) is 7.74. The summed E-state index contributed by atoms with van der Waals surface area (Å²) in [4.78, 5) is 23.8. The van der Waals surface area contributed by atoms with Gasteiger partial charge in [0.25, 0.3) is 0 Å². The zero-order chi connectivity index (χ0) is 20.0. The number of hydrogen-bond acceptors (Lipinski definition) is 7. The van der Waals surface area contributed by atoms with Gasteiger partial charge in [0.2, 0.25) is 5.95 Å². The fourth-order valence-corrected chi connectivity index (χ4v) is 3.55. The summed E-state index contributed by atoms with van der Waals surface area (Å²) in [5, 5.41) is 1.01. The molecule has 0 unspecified atom stereocenters. The van der Waals surface area contributed by atoms with Gasteiger partial charge >= 0.3 is 5.97 Å². The predicted octanol–water partition coefficient (Wildman–Crippen LogP) is 4.31. The summed E-state index contributed by atoms with van der Waals surface area (Å²) in [5.41, 5.74) is 0.